The highest BCUT2D eigenvalue weighted by Crippen LogP contribution is 2.33. The van der Waals surface area contributed by atoms with Gasteiger partial charge >= 0.3 is 8.80 Å². The number of carbonyl (C=O) groups is 2. The summed E-state index contributed by atoms with van der Waals surface area (Å²) in [6, 6.07) is -1.26. The molecule has 27 heavy (non-hydrogen) atoms. The Kier molecular flexibility index (Phi) is 12.0. The molecule has 0 bridgehead atoms. The number of aliphatic carboxylic acids is 2. The van der Waals surface area contributed by atoms with Gasteiger partial charge in [0.2, 0.25) is 0 Å². The zero-order chi connectivity index (χ0) is 21.1. The third kappa shape index (κ3) is 6.25. The zero-order valence-corrected chi connectivity index (χ0v) is 18.6. The van der Waals surface area contributed by atoms with Crippen LogP contribution in [0.15, 0.2) is 0 Å². The SMILES string of the molecule is CCCC[N+](CCCC)(C(CC(=O)[O-])C(=O)[O-])C(CC)[Si](OC)(OC)OC. The highest BCUT2D eigenvalue weighted by atomic mass is 28.4. The topological polar surface area (TPSA) is 108 Å². The van der Waals surface area contributed by atoms with Crippen molar-refractivity contribution in [2.45, 2.75) is 71.0 Å². The summed E-state index contributed by atoms with van der Waals surface area (Å²) >= 11 is 0. The van der Waals surface area contributed by atoms with E-state index in [1.54, 1.807) is 0 Å². The predicted molar refractivity (Wildman–Crippen MR) is 99.1 cm³/mol. The van der Waals surface area contributed by atoms with E-state index in [4.69, 9.17) is 13.3 Å². The second kappa shape index (κ2) is 12.5. The molecule has 0 amide bonds. The molecule has 9 heteroatoms. The first kappa shape index (κ1) is 26.0. The van der Waals surface area contributed by atoms with Crippen molar-refractivity contribution < 1.29 is 37.6 Å². The molecule has 2 unspecified atom stereocenters. The average Bonchev–Trinajstić information content (AvgIpc) is 2.65. The molecular formula is C18H36NO7Si-. The van der Waals surface area contributed by atoms with Crippen LogP contribution >= 0.6 is 0 Å². The lowest BCUT2D eigenvalue weighted by Crippen LogP contribution is -2.76. The lowest BCUT2D eigenvalue weighted by atomic mass is 10.0. The highest BCUT2D eigenvalue weighted by molar-refractivity contribution is 6.62. The molecule has 160 valence electrons. The van der Waals surface area contributed by atoms with Gasteiger partial charge in [-0.3, -0.25) is 0 Å². The monoisotopic (exact) mass is 406 g/mol. The van der Waals surface area contributed by atoms with Crippen LogP contribution in [0.5, 0.6) is 0 Å². The summed E-state index contributed by atoms with van der Waals surface area (Å²) in [5.74, 6) is -2.80. The molecule has 0 spiro atoms. The number of carboxylic acid groups (broad SMARTS) is 2. The Labute approximate surface area is 164 Å². The third-order valence-electron chi connectivity index (χ3n) is 5.38. The number of carboxylic acids is 2. The Morgan fingerprint density at radius 1 is 0.926 bits per heavy atom. The molecule has 0 aliphatic rings. The van der Waals surface area contributed by atoms with Crippen molar-refractivity contribution in [2.24, 2.45) is 0 Å². The van der Waals surface area contributed by atoms with Gasteiger partial charge in [0.25, 0.3) is 0 Å². The molecule has 0 aromatic carbocycles. The fourth-order valence-electron chi connectivity index (χ4n) is 4.08. The fourth-order valence-corrected chi connectivity index (χ4v) is 6.96. The van der Waals surface area contributed by atoms with E-state index < -0.39 is 38.9 Å². The van der Waals surface area contributed by atoms with Crippen LogP contribution in [0.3, 0.4) is 0 Å². The first-order valence-electron chi connectivity index (χ1n) is 9.67. The standard InChI is InChI=1S/C18H37NO7Si/c1-7-10-12-19(13-11-8-2,15(18(22)23)14-17(20)21)16(9-3)27(24-4,25-5)26-6/h15-16H,7-14H2,1-6H3,(H-,20,21,22,23)/p-1. The van der Waals surface area contributed by atoms with Gasteiger partial charge in [-0.2, -0.15) is 0 Å². The van der Waals surface area contributed by atoms with Crippen molar-refractivity contribution in [1.29, 1.82) is 0 Å². The van der Waals surface area contributed by atoms with Crippen molar-refractivity contribution in [3.05, 3.63) is 0 Å². The van der Waals surface area contributed by atoms with Gasteiger partial charge in [0.05, 0.1) is 19.1 Å². The van der Waals surface area contributed by atoms with Crippen LogP contribution in [0.25, 0.3) is 0 Å². The van der Waals surface area contributed by atoms with Gasteiger partial charge in [0, 0.05) is 40.1 Å². The maximum atomic E-state index is 12.1. The molecule has 0 aliphatic heterocycles. The van der Waals surface area contributed by atoms with Crippen LogP contribution in [0, 0.1) is 0 Å². The first-order valence-corrected chi connectivity index (χ1v) is 11.5. The van der Waals surface area contributed by atoms with E-state index in [0.29, 0.717) is 19.5 Å². The molecular weight excluding hydrogens is 370 g/mol. The van der Waals surface area contributed by atoms with Crippen LogP contribution in [0.2, 0.25) is 0 Å². The van der Waals surface area contributed by atoms with Crippen LogP contribution in [-0.4, -0.2) is 71.4 Å². The van der Waals surface area contributed by atoms with E-state index in [1.807, 2.05) is 20.8 Å². The summed E-state index contributed by atoms with van der Waals surface area (Å²) in [5, 5.41) is 23.5. The predicted octanol–water partition coefficient (Wildman–Crippen LogP) is -0.142. The molecule has 2 atom stereocenters. The molecule has 0 saturated heterocycles. The molecule has 0 saturated carbocycles. The van der Waals surface area contributed by atoms with Gasteiger partial charge in [0.1, 0.15) is 6.04 Å². The number of hydrogen-bond donors (Lipinski definition) is 0. The summed E-state index contributed by atoms with van der Waals surface area (Å²) in [4.78, 5) is 23.5. The zero-order valence-electron chi connectivity index (χ0n) is 17.6. The van der Waals surface area contributed by atoms with Crippen LogP contribution in [0.4, 0.5) is 0 Å². The van der Waals surface area contributed by atoms with Gasteiger partial charge in [-0.1, -0.05) is 33.6 Å². The second-order valence-electron chi connectivity index (χ2n) is 6.81. The largest absolute Gasteiger partial charge is 0.561 e. The fraction of sp³-hybridized carbons (Fsp3) is 0.889. The maximum Gasteiger partial charge on any atom is 0.561 e. The molecule has 0 aliphatic carbocycles. The third-order valence-corrected chi connectivity index (χ3v) is 8.82. The summed E-state index contributed by atoms with van der Waals surface area (Å²) in [6.45, 7) is 6.89. The number of nitrogens with zero attached hydrogens (tertiary/aromatic N) is 1. The minimum atomic E-state index is -3.27. The lowest BCUT2D eigenvalue weighted by molar-refractivity contribution is -0.959. The van der Waals surface area contributed by atoms with Crippen LogP contribution < -0.4 is 10.2 Å². The van der Waals surface area contributed by atoms with Crippen LogP contribution in [0.1, 0.15) is 59.3 Å². The maximum absolute atomic E-state index is 12.1. The lowest BCUT2D eigenvalue weighted by Gasteiger charge is -2.53. The Balaban J connectivity index is 6.59. The van der Waals surface area contributed by atoms with Crippen LogP contribution in [-0.2, 0) is 22.9 Å². The minimum absolute atomic E-state index is 0.0102. The van der Waals surface area contributed by atoms with Crippen molar-refractivity contribution in [3.8, 4) is 0 Å². The van der Waals surface area contributed by atoms with Gasteiger partial charge in [-0.25, -0.2) is 0 Å². The van der Waals surface area contributed by atoms with E-state index in [2.05, 4.69) is 0 Å². The summed E-state index contributed by atoms with van der Waals surface area (Å²) in [6.07, 6.45) is 3.06. The normalized spacial score (nSPS) is 14.7. The highest BCUT2D eigenvalue weighted by Gasteiger charge is 2.60. The van der Waals surface area contributed by atoms with E-state index >= 15 is 0 Å². The van der Waals surface area contributed by atoms with Crippen molar-refractivity contribution in [1.82, 2.24) is 0 Å². The Morgan fingerprint density at radius 3 is 1.63 bits per heavy atom. The second-order valence-corrected chi connectivity index (χ2v) is 9.91. The molecule has 0 rings (SSSR count). The Hall–Kier alpha value is -1.00. The molecule has 8 nitrogen and oxygen atoms in total. The molecule has 0 radical (unpaired) electrons. The van der Waals surface area contributed by atoms with Crippen molar-refractivity contribution in [2.75, 3.05) is 34.4 Å². The average molecular weight is 407 g/mol. The van der Waals surface area contributed by atoms with Gasteiger partial charge in [-0.05, 0) is 12.8 Å². The number of quaternary nitrogens is 1. The van der Waals surface area contributed by atoms with Gasteiger partial charge in [0.15, 0.2) is 5.67 Å². The summed E-state index contributed by atoms with van der Waals surface area (Å²) < 4.78 is 17.1. The molecule has 0 heterocycles. The summed E-state index contributed by atoms with van der Waals surface area (Å²) in [7, 11) is 1.19. The van der Waals surface area contributed by atoms with E-state index in [0.717, 1.165) is 25.7 Å². The first-order chi connectivity index (χ1) is 12.7. The molecule has 0 aromatic rings. The van der Waals surface area contributed by atoms with E-state index in [9.17, 15) is 19.8 Å². The smallest absolute Gasteiger partial charge is 0.550 e. The Morgan fingerprint density at radius 2 is 1.37 bits per heavy atom. The number of rotatable bonds is 16. The van der Waals surface area contributed by atoms with Gasteiger partial charge < -0.3 is 37.6 Å². The minimum Gasteiger partial charge on any atom is -0.550 e. The van der Waals surface area contributed by atoms with E-state index in [-0.39, 0.29) is 4.48 Å². The molecule has 0 aromatic heterocycles. The van der Waals surface area contributed by atoms with Crippen molar-refractivity contribution >= 4 is 20.7 Å². The number of hydrogen-bond acceptors (Lipinski definition) is 7. The number of carbonyl (C=O) groups excluding carboxylic acids is 2. The molecule has 0 N–H and O–H groups in total. The Bertz CT molecular complexity index is 441. The van der Waals surface area contributed by atoms with E-state index in [1.165, 1.54) is 21.3 Å². The molecule has 0 fully saturated rings. The number of unbranched alkanes of at least 4 members (excludes halogenated alkanes) is 2. The van der Waals surface area contributed by atoms with Crippen molar-refractivity contribution in [3.63, 3.8) is 0 Å². The quantitative estimate of drug-likeness (QED) is 0.259. The summed E-state index contributed by atoms with van der Waals surface area (Å²) in [5.41, 5.74) is -0.433. The van der Waals surface area contributed by atoms with Gasteiger partial charge in [-0.15, -0.1) is 0 Å².